The number of piperazine rings is 1. The van der Waals surface area contributed by atoms with Gasteiger partial charge in [0, 0.05) is 31.9 Å². The SMILES string of the molecule is COc1ccc(N2CCN(C(=O)NC3(C(F)(F)F)Oc4ccccc4O3)CC2)cc1. The molecule has 1 fully saturated rings. The largest absolute Gasteiger partial charge is 0.497 e. The molecule has 1 N–H and O–H groups in total. The third-order valence-electron chi connectivity index (χ3n) is 5.01. The van der Waals surface area contributed by atoms with Gasteiger partial charge < -0.3 is 24.0 Å². The minimum atomic E-state index is -4.98. The van der Waals surface area contributed by atoms with Crippen molar-refractivity contribution in [3.63, 3.8) is 0 Å². The zero-order valence-corrected chi connectivity index (χ0v) is 16.1. The van der Waals surface area contributed by atoms with Gasteiger partial charge >= 0.3 is 18.1 Å². The predicted molar refractivity (Wildman–Crippen MR) is 102 cm³/mol. The molecule has 2 aromatic rings. The van der Waals surface area contributed by atoms with Crippen LogP contribution in [0, 0.1) is 0 Å². The molecule has 2 heterocycles. The third-order valence-corrected chi connectivity index (χ3v) is 5.01. The number of benzene rings is 2. The van der Waals surface area contributed by atoms with E-state index in [1.807, 2.05) is 34.5 Å². The second-order valence-electron chi connectivity index (χ2n) is 6.87. The Morgan fingerprint density at radius 1 is 1.00 bits per heavy atom. The third kappa shape index (κ3) is 3.64. The van der Waals surface area contributed by atoms with E-state index >= 15 is 0 Å². The normalized spacial score (nSPS) is 17.6. The fourth-order valence-electron chi connectivity index (χ4n) is 3.37. The highest BCUT2D eigenvalue weighted by atomic mass is 19.4. The van der Waals surface area contributed by atoms with Crippen LogP contribution >= 0.6 is 0 Å². The number of anilines is 1. The number of methoxy groups -OCH3 is 1. The molecule has 2 amide bonds. The highest BCUT2D eigenvalue weighted by Crippen LogP contribution is 2.45. The molecule has 2 aromatic carbocycles. The van der Waals surface area contributed by atoms with Gasteiger partial charge in [-0.3, -0.25) is 5.32 Å². The Kier molecular flexibility index (Phi) is 5.00. The quantitative estimate of drug-likeness (QED) is 0.822. The van der Waals surface area contributed by atoms with Crippen LogP contribution in [0.5, 0.6) is 17.2 Å². The molecule has 0 bridgehead atoms. The lowest BCUT2D eigenvalue weighted by molar-refractivity contribution is -0.318. The molecule has 0 aromatic heterocycles. The molecule has 0 aliphatic carbocycles. The summed E-state index contributed by atoms with van der Waals surface area (Å²) in [5, 5.41) is 1.90. The van der Waals surface area contributed by atoms with Crippen molar-refractivity contribution in [1.82, 2.24) is 10.2 Å². The maximum Gasteiger partial charge on any atom is 0.492 e. The highest BCUT2D eigenvalue weighted by Gasteiger charge is 2.66. The van der Waals surface area contributed by atoms with Gasteiger partial charge in [-0.15, -0.1) is 0 Å². The molecule has 4 rings (SSSR count). The highest BCUT2D eigenvalue weighted by molar-refractivity contribution is 5.75. The number of hydrogen-bond donors (Lipinski definition) is 1. The molecule has 160 valence electrons. The molecular formula is C20H20F3N3O4. The van der Waals surface area contributed by atoms with Crippen molar-refractivity contribution >= 4 is 11.7 Å². The number of halogens is 3. The van der Waals surface area contributed by atoms with Gasteiger partial charge in [-0.2, -0.15) is 13.2 Å². The summed E-state index contributed by atoms with van der Waals surface area (Å²) in [7, 11) is 1.58. The van der Waals surface area contributed by atoms with Crippen LogP contribution in [0.25, 0.3) is 0 Å². The molecule has 0 radical (unpaired) electrons. The number of urea groups is 1. The van der Waals surface area contributed by atoms with Gasteiger partial charge in [0.2, 0.25) is 0 Å². The summed E-state index contributed by atoms with van der Waals surface area (Å²) in [6.45, 7) is 1.44. The van der Waals surface area contributed by atoms with Crippen molar-refractivity contribution in [2.75, 3.05) is 38.2 Å². The summed E-state index contributed by atoms with van der Waals surface area (Å²) in [6.07, 6.45) is -4.98. The van der Waals surface area contributed by atoms with Crippen molar-refractivity contribution in [3.8, 4) is 17.2 Å². The Labute approximate surface area is 170 Å². The molecule has 30 heavy (non-hydrogen) atoms. The van der Waals surface area contributed by atoms with Crippen LogP contribution in [-0.2, 0) is 0 Å². The Bertz CT molecular complexity index is 887. The summed E-state index contributed by atoms with van der Waals surface area (Å²) < 4.78 is 56.4. The Hall–Kier alpha value is -3.30. The van der Waals surface area contributed by atoms with Crippen LogP contribution in [-0.4, -0.2) is 56.3 Å². The molecule has 0 saturated carbocycles. The van der Waals surface area contributed by atoms with Crippen molar-refractivity contribution in [1.29, 1.82) is 0 Å². The van der Waals surface area contributed by atoms with Crippen molar-refractivity contribution in [2.24, 2.45) is 0 Å². The van der Waals surface area contributed by atoms with Crippen LogP contribution in [0.2, 0.25) is 0 Å². The van der Waals surface area contributed by atoms with Crippen molar-refractivity contribution in [3.05, 3.63) is 48.5 Å². The van der Waals surface area contributed by atoms with Gasteiger partial charge in [-0.05, 0) is 36.4 Å². The van der Waals surface area contributed by atoms with Gasteiger partial charge in [-0.1, -0.05) is 12.1 Å². The number of hydrogen-bond acceptors (Lipinski definition) is 5. The Balaban J connectivity index is 1.41. The number of carbonyl (C=O) groups excluding carboxylic acids is 1. The van der Waals surface area contributed by atoms with Crippen molar-refractivity contribution < 1.29 is 32.2 Å². The first kappa shape index (κ1) is 20.0. The maximum atomic E-state index is 13.8. The molecular weight excluding hydrogens is 403 g/mol. The van der Waals surface area contributed by atoms with Crippen LogP contribution < -0.4 is 24.4 Å². The van der Waals surface area contributed by atoms with E-state index < -0.39 is 18.1 Å². The molecule has 0 unspecified atom stereocenters. The number of alkyl halides is 3. The van der Waals surface area contributed by atoms with E-state index in [-0.39, 0.29) is 24.6 Å². The van der Waals surface area contributed by atoms with Gasteiger partial charge in [0.1, 0.15) is 5.75 Å². The topological polar surface area (TPSA) is 63.3 Å². The fraction of sp³-hybridized carbons (Fsp3) is 0.350. The molecule has 2 aliphatic rings. The van der Waals surface area contributed by atoms with Crippen molar-refractivity contribution in [2.45, 2.75) is 12.1 Å². The second kappa shape index (κ2) is 7.51. The van der Waals surface area contributed by atoms with Crippen LogP contribution in [0.4, 0.5) is 23.7 Å². The molecule has 10 heteroatoms. The zero-order chi connectivity index (χ0) is 21.4. The van der Waals surface area contributed by atoms with E-state index in [0.29, 0.717) is 13.1 Å². The fourth-order valence-corrected chi connectivity index (χ4v) is 3.37. The minimum Gasteiger partial charge on any atom is -0.497 e. The van der Waals surface area contributed by atoms with Gasteiger partial charge in [0.15, 0.2) is 11.5 Å². The lowest BCUT2D eigenvalue weighted by Crippen LogP contribution is -2.67. The number of para-hydroxylation sites is 2. The smallest absolute Gasteiger partial charge is 0.492 e. The average molecular weight is 423 g/mol. The summed E-state index contributed by atoms with van der Waals surface area (Å²) in [5.41, 5.74) is 0.945. The Morgan fingerprint density at radius 3 is 2.07 bits per heavy atom. The van der Waals surface area contributed by atoms with E-state index in [1.165, 1.54) is 29.2 Å². The number of nitrogens with one attached hydrogen (secondary N) is 1. The first-order valence-corrected chi connectivity index (χ1v) is 9.31. The number of ether oxygens (including phenoxy) is 3. The Morgan fingerprint density at radius 2 is 1.57 bits per heavy atom. The van der Waals surface area contributed by atoms with E-state index in [2.05, 4.69) is 0 Å². The summed E-state index contributed by atoms with van der Waals surface area (Å²) in [5.74, 6) is -2.69. The predicted octanol–water partition coefficient (Wildman–Crippen LogP) is 3.21. The number of carbonyl (C=O) groups is 1. The van der Waals surface area contributed by atoms with E-state index in [9.17, 15) is 18.0 Å². The summed E-state index contributed by atoms with van der Waals surface area (Å²) in [6, 6.07) is 12.3. The molecule has 1 saturated heterocycles. The number of fused-ring (bicyclic) bond motifs is 1. The van der Waals surface area contributed by atoms with Crippen LogP contribution in [0.1, 0.15) is 0 Å². The van der Waals surface area contributed by atoms with E-state index in [1.54, 1.807) is 7.11 Å². The first-order valence-electron chi connectivity index (χ1n) is 9.31. The number of rotatable bonds is 3. The van der Waals surface area contributed by atoms with Crippen LogP contribution in [0.3, 0.4) is 0 Å². The lowest BCUT2D eigenvalue weighted by Gasteiger charge is -2.38. The van der Waals surface area contributed by atoms with E-state index in [4.69, 9.17) is 14.2 Å². The van der Waals surface area contributed by atoms with Gasteiger partial charge in [0.05, 0.1) is 7.11 Å². The van der Waals surface area contributed by atoms with Gasteiger partial charge in [-0.25, -0.2) is 4.79 Å². The zero-order valence-electron chi connectivity index (χ0n) is 16.1. The lowest BCUT2D eigenvalue weighted by atomic mass is 10.2. The number of nitrogens with zero attached hydrogens (tertiary/aromatic N) is 2. The van der Waals surface area contributed by atoms with Gasteiger partial charge in [0.25, 0.3) is 0 Å². The molecule has 7 nitrogen and oxygen atoms in total. The average Bonchev–Trinajstić information content (AvgIpc) is 3.13. The first-order chi connectivity index (χ1) is 14.3. The second-order valence-corrected chi connectivity index (χ2v) is 6.87. The maximum absolute atomic E-state index is 13.8. The number of amides is 2. The molecule has 0 atom stereocenters. The minimum absolute atomic E-state index is 0.0838. The standard InChI is InChI=1S/C20H20F3N3O4/c1-28-15-8-6-14(7-9-15)25-10-12-26(13-11-25)18(27)24-20(19(21,22)23)29-16-4-2-3-5-17(16)30-20/h2-9H,10-13H2,1H3,(H,24,27). The summed E-state index contributed by atoms with van der Waals surface area (Å²) >= 11 is 0. The van der Waals surface area contributed by atoms with E-state index in [0.717, 1.165) is 11.4 Å². The summed E-state index contributed by atoms with van der Waals surface area (Å²) in [4.78, 5) is 16.0. The van der Waals surface area contributed by atoms with Crippen LogP contribution in [0.15, 0.2) is 48.5 Å². The monoisotopic (exact) mass is 423 g/mol. The molecule has 0 spiro atoms. The molecule has 2 aliphatic heterocycles.